The number of pyridine rings is 1. The number of aromatic carboxylic acids is 1. The van der Waals surface area contributed by atoms with Crippen molar-refractivity contribution in [3.05, 3.63) is 17.8 Å². The molecule has 1 saturated carbocycles. The van der Waals surface area contributed by atoms with Crippen LogP contribution in [0.25, 0.3) is 0 Å². The SMILES string of the molecule is Nc1c(C(=O)O)ccnc1SCC1CCCC1. The van der Waals surface area contributed by atoms with E-state index in [1.54, 1.807) is 11.8 Å². The van der Waals surface area contributed by atoms with E-state index < -0.39 is 5.97 Å². The fourth-order valence-corrected chi connectivity index (χ4v) is 3.26. The summed E-state index contributed by atoms with van der Waals surface area (Å²) >= 11 is 1.58. The van der Waals surface area contributed by atoms with E-state index in [1.165, 1.54) is 37.9 Å². The third kappa shape index (κ3) is 2.91. The summed E-state index contributed by atoms with van der Waals surface area (Å²) in [4.78, 5) is 15.1. The van der Waals surface area contributed by atoms with Gasteiger partial charge in [0.05, 0.1) is 11.3 Å². The first-order chi connectivity index (χ1) is 8.18. The minimum atomic E-state index is -0.993. The number of carboxylic acids is 1. The molecule has 1 heterocycles. The van der Waals surface area contributed by atoms with E-state index in [1.807, 2.05) is 0 Å². The smallest absolute Gasteiger partial charge is 0.337 e. The number of anilines is 1. The molecule has 0 radical (unpaired) electrons. The predicted molar refractivity (Wildman–Crippen MR) is 68.3 cm³/mol. The molecule has 1 fully saturated rings. The Labute approximate surface area is 105 Å². The molecule has 5 heteroatoms. The number of nitrogens with zero attached hydrogens (tertiary/aromatic N) is 1. The van der Waals surface area contributed by atoms with Crippen molar-refractivity contribution in [2.75, 3.05) is 11.5 Å². The van der Waals surface area contributed by atoms with Gasteiger partial charge in [0.2, 0.25) is 0 Å². The minimum absolute atomic E-state index is 0.147. The number of nitrogens with two attached hydrogens (primary N) is 1. The summed E-state index contributed by atoms with van der Waals surface area (Å²) in [7, 11) is 0. The summed E-state index contributed by atoms with van der Waals surface area (Å²) in [6.07, 6.45) is 6.67. The van der Waals surface area contributed by atoms with E-state index in [9.17, 15) is 4.79 Å². The van der Waals surface area contributed by atoms with E-state index in [2.05, 4.69) is 4.98 Å². The first-order valence-corrected chi connectivity index (χ1v) is 6.77. The zero-order valence-corrected chi connectivity index (χ0v) is 10.4. The number of thioether (sulfide) groups is 1. The molecule has 0 aliphatic heterocycles. The van der Waals surface area contributed by atoms with Gasteiger partial charge in [0.1, 0.15) is 5.03 Å². The Kier molecular flexibility index (Phi) is 3.89. The maximum absolute atomic E-state index is 10.9. The van der Waals surface area contributed by atoms with Gasteiger partial charge in [-0.3, -0.25) is 0 Å². The lowest BCUT2D eigenvalue weighted by molar-refractivity contribution is 0.0697. The van der Waals surface area contributed by atoms with Crippen LogP contribution in [0.15, 0.2) is 17.3 Å². The standard InChI is InChI=1S/C12H16N2O2S/c13-10-9(12(15)16)5-6-14-11(10)17-7-8-3-1-2-4-8/h5-6,8H,1-4,7,13H2,(H,15,16). The first-order valence-electron chi connectivity index (χ1n) is 5.79. The molecule has 0 saturated heterocycles. The first kappa shape index (κ1) is 12.2. The van der Waals surface area contributed by atoms with Crippen molar-refractivity contribution in [2.24, 2.45) is 5.92 Å². The second-order valence-corrected chi connectivity index (χ2v) is 5.35. The monoisotopic (exact) mass is 252 g/mol. The van der Waals surface area contributed by atoms with Gasteiger partial charge in [-0.05, 0) is 24.8 Å². The maximum atomic E-state index is 10.9. The van der Waals surface area contributed by atoms with Gasteiger partial charge in [-0.1, -0.05) is 12.8 Å². The Morgan fingerprint density at radius 1 is 1.53 bits per heavy atom. The molecule has 1 aromatic rings. The highest BCUT2D eigenvalue weighted by Gasteiger charge is 2.17. The van der Waals surface area contributed by atoms with Crippen molar-refractivity contribution >= 4 is 23.4 Å². The summed E-state index contributed by atoms with van der Waals surface area (Å²) < 4.78 is 0. The number of rotatable bonds is 4. The van der Waals surface area contributed by atoms with E-state index >= 15 is 0 Å². The van der Waals surface area contributed by atoms with Gasteiger partial charge < -0.3 is 10.8 Å². The van der Waals surface area contributed by atoms with Gasteiger partial charge in [0.25, 0.3) is 0 Å². The highest BCUT2D eigenvalue weighted by Crippen LogP contribution is 2.32. The summed E-state index contributed by atoms with van der Waals surface area (Å²) in [5, 5.41) is 9.60. The summed E-state index contributed by atoms with van der Waals surface area (Å²) in [5.41, 5.74) is 6.25. The molecule has 1 aliphatic carbocycles. The Bertz CT molecular complexity index is 417. The van der Waals surface area contributed by atoms with Crippen molar-refractivity contribution in [1.29, 1.82) is 0 Å². The zero-order valence-electron chi connectivity index (χ0n) is 9.56. The molecule has 1 aromatic heterocycles. The Morgan fingerprint density at radius 3 is 2.88 bits per heavy atom. The molecule has 1 aliphatic rings. The molecule has 0 atom stereocenters. The molecule has 0 spiro atoms. The number of hydrogen-bond acceptors (Lipinski definition) is 4. The van der Waals surface area contributed by atoms with Crippen LogP contribution in [0.5, 0.6) is 0 Å². The lowest BCUT2D eigenvalue weighted by Crippen LogP contribution is -2.05. The largest absolute Gasteiger partial charge is 0.478 e. The Hall–Kier alpha value is -1.23. The predicted octanol–water partition coefficient (Wildman–Crippen LogP) is 2.64. The third-order valence-corrected chi connectivity index (χ3v) is 4.35. The molecule has 0 bridgehead atoms. The van der Waals surface area contributed by atoms with Gasteiger partial charge >= 0.3 is 5.97 Å². The highest BCUT2D eigenvalue weighted by molar-refractivity contribution is 7.99. The quantitative estimate of drug-likeness (QED) is 0.806. The molecule has 0 unspecified atom stereocenters. The van der Waals surface area contributed by atoms with Gasteiger partial charge in [-0.2, -0.15) is 0 Å². The van der Waals surface area contributed by atoms with Crippen LogP contribution in [0, 0.1) is 5.92 Å². The minimum Gasteiger partial charge on any atom is -0.478 e. The van der Waals surface area contributed by atoms with Crippen LogP contribution in [-0.2, 0) is 0 Å². The Morgan fingerprint density at radius 2 is 2.24 bits per heavy atom. The molecule has 3 N–H and O–H groups in total. The van der Waals surface area contributed by atoms with Crippen LogP contribution >= 0.6 is 11.8 Å². The van der Waals surface area contributed by atoms with Gasteiger partial charge in [0, 0.05) is 11.9 Å². The molecule has 2 rings (SSSR count). The Balaban J connectivity index is 2.04. The molecule has 0 amide bonds. The summed E-state index contributed by atoms with van der Waals surface area (Å²) in [6, 6.07) is 1.44. The van der Waals surface area contributed by atoms with Gasteiger partial charge in [0.15, 0.2) is 0 Å². The topological polar surface area (TPSA) is 76.2 Å². The lowest BCUT2D eigenvalue weighted by Gasteiger charge is -2.10. The van der Waals surface area contributed by atoms with Crippen molar-refractivity contribution in [1.82, 2.24) is 4.98 Å². The molecule has 4 nitrogen and oxygen atoms in total. The van der Waals surface area contributed by atoms with Crippen molar-refractivity contribution in [2.45, 2.75) is 30.7 Å². The summed E-state index contributed by atoms with van der Waals surface area (Å²) in [6.45, 7) is 0. The van der Waals surface area contributed by atoms with Crippen LogP contribution in [0.3, 0.4) is 0 Å². The van der Waals surface area contributed by atoms with Gasteiger partial charge in [-0.25, -0.2) is 9.78 Å². The zero-order chi connectivity index (χ0) is 12.3. The lowest BCUT2D eigenvalue weighted by atomic mass is 10.1. The fraction of sp³-hybridized carbons (Fsp3) is 0.500. The van der Waals surface area contributed by atoms with Crippen LogP contribution in [-0.4, -0.2) is 21.8 Å². The molecule has 17 heavy (non-hydrogen) atoms. The second kappa shape index (κ2) is 5.40. The van der Waals surface area contributed by atoms with E-state index in [-0.39, 0.29) is 5.56 Å². The van der Waals surface area contributed by atoms with Crippen LogP contribution in [0.1, 0.15) is 36.0 Å². The molecular formula is C12H16N2O2S. The fourth-order valence-electron chi connectivity index (χ4n) is 2.13. The average Bonchev–Trinajstić information content (AvgIpc) is 2.80. The van der Waals surface area contributed by atoms with Crippen molar-refractivity contribution in [3.63, 3.8) is 0 Å². The highest BCUT2D eigenvalue weighted by atomic mass is 32.2. The van der Waals surface area contributed by atoms with Crippen LogP contribution in [0.4, 0.5) is 5.69 Å². The molecule has 92 valence electrons. The van der Waals surface area contributed by atoms with Crippen LogP contribution in [0.2, 0.25) is 0 Å². The van der Waals surface area contributed by atoms with E-state index in [0.29, 0.717) is 10.7 Å². The normalized spacial score (nSPS) is 16.2. The van der Waals surface area contributed by atoms with Gasteiger partial charge in [-0.15, -0.1) is 11.8 Å². The van der Waals surface area contributed by atoms with E-state index in [4.69, 9.17) is 10.8 Å². The maximum Gasteiger partial charge on any atom is 0.337 e. The third-order valence-electron chi connectivity index (χ3n) is 3.11. The number of carbonyl (C=O) groups is 1. The molecule has 0 aromatic carbocycles. The summed E-state index contributed by atoms with van der Waals surface area (Å²) in [5.74, 6) is 0.725. The molecular weight excluding hydrogens is 236 g/mol. The number of carboxylic acid groups (broad SMARTS) is 1. The number of aromatic nitrogens is 1. The van der Waals surface area contributed by atoms with E-state index in [0.717, 1.165) is 11.7 Å². The van der Waals surface area contributed by atoms with Crippen molar-refractivity contribution < 1.29 is 9.90 Å². The number of nitrogen functional groups attached to an aromatic ring is 1. The van der Waals surface area contributed by atoms with Crippen molar-refractivity contribution in [3.8, 4) is 0 Å². The average molecular weight is 252 g/mol. The number of hydrogen-bond donors (Lipinski definition) is 2. The second-order valence-electron chi connectivity index (χ2n) is 4.34. The van der Waals surface area contributed by atoms with Crippen LogP contribution < -0.4 is 5.73 Å².